The number of hydrogen-bond donors (Lipinski definition) is 0. The Labute approximate surface area is 163 Å². The van der Waals surface area contributed by atoms with Crippen molar-refractivity contribution in [3.05, 3.63) is 62.4 Å². The van der Waals surface area contributed by atoms with Crippen LogP contribution in [-0.2, 0) is 14.8 Å². The summed E-state index contributed by atoms with van der Waals surface area (Å²) in [5.74, 6) is -0.360. The van der Waals surface area contributed by atoms with Gasteiger partial charge in [-0.25, -0.2) is 0 Å². The van der Waals surface area contributed by atoms with Crippen LogP contribution in [0.4, 0.5) is 5.69 Å². The summed E-state index contributed by atoms with van der Waals surface area (Å²) in [6, 6.07) is 8.78. The molecule has 1 fully saturated rings. The van der Waals surface area contributed by atoms with Gasteiger partial charge in [0, 0.05) is 18.7 Å². The standard InChI is InChI=1S/C16H13N3O5S3/c1-2-18-15(20)13(10-11-5-7-12(8-6-11)19(21)22)26-16(18)17-27(23,24)14-4-3-9-25-14/h3-10H,2H2,1H3/b13-10-,17-16?. The molecule has 0 N–H and O–H groups in total. The van der Waals surface area contributed by atoms with Crippen molar-refractivity contribution in [1.29, 1.82) is 0 Å². The van der Waals surface area contributed by atoms with Gasteiger partial charge in [0.15, 0.2) is 5.17 Å². The number of benzene rings is 1. The van der Waals surface area contributed by atoms with E-state index < -0.39 is 14.9 Å². The summed E-state index contributed by atoms with van der Waals surface area (Å²) < 4.78 is 28.7. The van der Waals surface area contributed by atoms with Gasteiger partial charge in [0.2, 0.25) is 0 Å². The summed E-state index contributed by atoms with van der Waals surface area (Å²) in [7, 11) is -3.89. The molecule has 1 saturated heterocycles. The molecule has 0 atom stereocenters. The van der Waals surface area contributed by atoms with Gasteiger partial charge in [-0.1, -0.05) is 6.07 Å². The van der Waals surface area contributed by atoms with E-state index in [1.807, 2.05) is 0 Å². The molecule has 11 heteroatoms. The molecule has 3 rings (SSSR count). The number of nitrogens with zero attached hydrogens (tertiary/aromatic N) is 3. The Morgan fingerprint density at radius 2 is 1.96 bits per heavy atom. The number of rotatable bonds is 5. The molecule has 0 spiro atoms. The third-order valence-corrected chi connectivity index (χ3v) is 7.32. The number of likely N-dealkylation sites (N-methyl/N-ethyl adjacent to an activating group) is 1. The highest BCUT2D eigenvalue weighted by Crippen LogP contribution is 2.34. The quantitative estimate of drug-likeness (QED) is 0.414. The highest BCUT2D eigenvalue weighted by Gasteiger charge is 2.34. The van der Waals surface area contributed by atoms with Gasteiger partial charge in [0.05, 0.1) is 9.83 Å². The van der Waals surface area contributed by atoms with Crippen LogP contribution in [0.25, 0.3) is 6.08 Å². The van der Waals surface area contributed by atoms with E-state index in [1.54, 1.807) is 24.4 Å². The average molecular weight is 423 g/mol. The first kappa shape index (κ1) is 19.3. The zero-order chi connectivity index (χ0) is 19.6. The fourth-order valence-electron chi connectivity index (χ4n) is 2.26. The largest absolute Gasteiger partial charge is 0.294 e. The molecule has 1 aliphatic rings. The fourth-order valence-corrected chi connectivity index (χ4v) is 5.47. The van der Waals surface area contributed by atoms with Crippen molar-refractivity contribution in [2.24, 2.45) is 4.40 Å². The number of thioether (sulfide) groups is 1. The van der Waals surface area contributed by atoms with Crippen molar-refractivity contribution in [3.8, 4) is 0 Å². The number of nitro groups is 1. The van der Waals surface area contributed by atoms with E-state index in [0.717, 1.165) is 23.1 Å². The van der Waals surface area contributed by atoms with Crippen molar-refractivity contribution in [1.82, 2.24) is 4.90 Å². The number of sulfonamides is 1. The third kappa shape index (κ3) is 4.10. The molecule has 1 aromatic heterocycles. The molecule has 0 aliphatic carbocycles. The molecule has 8 nitrogen and oxygen atoms in total. The average Bonchev–Trinajstić information content (AvgIpc) is 3.25. The van der Waals surface area contributed by atoms with E-state index in [2.05, 4.69) is 4.40 Å². The normalized spacial score (nSPS) is 17.8. The van der Waals surface area contributed by atoms with Crippen molar-refractivity contribution >= 4 is 56.0 Å². The topological polar surface area (TPSA) is 110 Å². The van der Waals surface area contributed by atoms with Gasteiger partial charge in [0.1, 0.15) is 4.21 Å². The molecule has 27 heavy (non-hydrogen) atoms. The van der Waals surface area contributed by atoms with Gasteiger partial charge >= 0.3 is 0 Å². The maximum atomic E-state index is 12.6. The minimum absolute atomic E-state index is 0.0537. The van der Waals surface area contributed by atoms with Crippen LogP contribution in [0.2, 0.25) is 0 Å². The fraction of sp³-hybridized carbons (Fsp3) is 0.125. The number of amidine groups is 1. The third-order valence-electron chi connectivity index (χ3n) is 3.55. The predicted octanol–water partition coefficient (Wildman–Crippen LogP) is 3.34. The maximum absolute atomic E-state index is 12.6. The van der Waals surface area contributed by atoms with E-state index >= 15 is 0 Å². The van der Waals surface area contributed by atoms with Crippen LogP contribution in [0.5, 0.6) is 0 Å². The Morgan fingerprint density at radius 1 is 1.26 bits per heavy atom. The second-order valence-corrected chi connectivity index (χ2v) is 9.08. The van der Waals surface area contributed by atoms with Crippen molar-refractivity contribution < 1.29 is 18.1 Å². The number of carbonyl (C=O) groups excluding carboxylic acids is 1. The number of non-ortho nitro benzene ring substituents is 1. The van der Waals surface area contributed by atoms with Gasteiger partial charge in [0.25, 0.3) is 21.6 Å². The van der Waals surface area contributed by atoms with Crippen LogP contribution in [-0.4, -0.2) is 35.9 Å². The molecule has 0 unspecified atom stereocenters. The molecule has 2 aromatic rings. The molecular formula is C16H13N3O5S3. The molecular weight excluding hydrogens is 410 g/mol. The van der Waals surface area contributed by atoms with Gasteiger partial charge in [-0.15, -0.1) is 15.7 Å². The lowest BCUT2D eigenvalue weighted by Crippen LogP contribution is -2.29. The Hall–Kier alpha value is -2.50. The number of amides is 1. The zero-order valence-electron chi connectivity index (χ0n) is 13.9. The van der Waals surface area contributed by atoms with Crippen LogP contribution in [0.1, 0.15) is 12.5 Å². The van der Waals surface area contributed by atoms with E-state index in [4.69, 9.17) is 0 Å². The SMILES string of the molecule is CCN1C(=O)/C(=C/c2ccc([N+](=O)[O-])cc2)SC1=NS(=O)(=O)c1cccs1. The van der Waals surface area contributed by atoms with Crippen molar-refractivity contribution in [2.75, 3.05) is 6.54 Å². The predicted molar refractivity (Wildman–Crippen MR) is 105 cm³/mol. The van der Waals surface area contributed by atoms with Gasteiger partial charge < -0.3 is 0 Å². The van der Waals surface area contributed by atoms with Crippen LogP contribution in [0.3, 0.4) is 0 Å². The molecule has 0 radical (unpaired) electrons. The first-order chi connectivity index (χ1) is 12.8. The molecule has 2 heterocycles. The lowest BCUT2D eigenvalue weighted by Gasteiger charge is -2.11. The monoisotopic (exact) mass is 423 g/mol. The lowest BCUT2D eigenvalue weighted by atomic mass is 10.2. The summed E-state index contributed by atoms with van der Waals surface area (Å²) in [5, 5.41) is 12.4. The first-order valence-electron chi connectivity index (χ1n) is 7.66. The van der Waals surface area contributed by atoms with E-state index in [0.29, 0.717) is 10.5 Å². The van der Waals surface area contributed by atoms with Crippen LogP contribution in [0.15, 0.2) is 55.3 Å². The molecule has 1 aliphatic heterocycles. The van der Waals surface area contributed by atoms with E-state index in [9.17, 15) is 23.3 Å². The number of carbonyl (C=O) groups is 1. The van der Waals surface area contributed by atoms with Crippen LogP contribution >= 0.6 is 23.1 Å². The summed E-state index contributed by atoms with van der Waals surface area (Å²) in [6.45, 7) is 1.99. The minimum Gasteiger partial charge on any atom is -0.286 e. The Morgan fingerprint density at radius 3 is 2.52 bits per heavy atom. The Kier molecular flexibility index (Phi) is 5.44. The molecule has 0 bridgehead atoms. The van der Waals surface area contributed by atoms with Crippen molar-refractivity contribution in [2.45, 2.75) is 11.1 Å². The Bertz CT molecular complexity index is 1040. The Balaban J connectivity index is 1.92. The first-order valence-corrected chi connectivity index (χ1v) is 10.8. The summed E-state index contributed by atoms with van der Waals surface area (Å²) in [5.41, 5.74) is 0.539. The summed E-state index contributed by atoms with van der Waals surface area (Å²) in [6.07, 6.45) is 1.56. The molecule has 1 aromatic carbocycles. The minimum atomic E-state index is -3.89. The van der Waals surface area contributed by atoms with Gasteiger partial charge in [-0.2, -0.15) is 8.42 Å². The van der Waals surface area contributed by atoms with Crippen molar-refractivity contribution in [3.63, 3.8) is 0 Å². The number of nitro benzene ring substituents is 1. The lowest BCUT2D eigenvalue weighted by molar-refractivity contribution is -0.384. The summed E-state index contributed by atoms with van der Waals surface area (Å²) >= 11 is 2.01. The van der Waals surface area contributed by atoms with Crippen LogP contribution < -0.4 is 0 Å². The smallest absolute Gasteiger partial charge is 0.286 e. The summed E-state index contributed by atoms with van der Waals surface area (Å²) in [4.78, 5) is 24.3. The van der Waals surface area contributed by atoms with Gasteiger partial charge in [-0.3, -0.25) is 19.8 Å². The second-order valence-electron chi connectivity index (χ2n) is 5.29. The zero-order valence-corrected chi connectivity index (χ0v) is 16.4. The highest BCUT2D eigenvalue weighted by atomic mass is 32.2. The van der Waals surface area contributed by atoms with E-state index in [1.165, 1.54) is 35.2 Å². The highest BCUT2D eigenvalue weighted by molar-refractivity contribution is 8.19. The molecule has 0 saturated carbocycles. The van der Waals surface area contributed by atoms with Crippen LogP contribution in [0, 0.1) is 10.1 Å². The number of thiophene rings is 1. The second kappa shape index (κ2) is 7.62. The van der Waals surface area contributed by atoms with E-state index in [-0.39, 0.29) is 27.5 Å². The maximum Gasteiger partial charge on any atom is 0.294 e. The van der Waals surface area contributed by atoms with Gasteiger partial charge in [-0.05, 0) is 53.9 Å². The number of hydrogen-bond acceptors (Lipinski definition) is 7. The molecule has 1 amide bonds. The molecule has 140 valence electrons.